The van der Waals surface area contributed by atoms with Crippen LogP contribution in [0.4, 0.5) is 10.6 Å². The lowest BCUT2D eigenvalue weighted by Crippen LogP contribution is -2.49. The Balaban J connectivity index is 1.19. The summed E-state index contributed by atoms with van der Waals surface area (Å²) in [5, 5.41) is 16.8. The Morgan fingerprint density at radius 3 is 2.55 bits per heavy atom. The number of amides is 2. The molecule has 0 atom stereocenters. The Hall–Kier alpha value is -4.15. The Kier molecular flexibility index (Phi) is 5.75. The summed E-state index contributed by atoms with van der Waals surface area (Å²) in [6.45, 7) is 3.69. The summed E-state index contributed by atoms with van der Waals surface area (Å²) in [5.74, 6) is 0.454. The third kappa shape index (κ3) is 4.56. The molecule has 7 heteroatoms. The molecule has 2 heterocycles. The van der Waals surface area contributed by atoms with E-state index in [2.05, 4.69) is 45.7 Å². The van der Waals surface area contributed by atoms with E-state index in [-0.39, 0.29) is 6.03 Å². The van der Waals surface area contributed by atoms with Crippen molar-refractivity contribution < 1.29 is 9.32 Å². The smallest absolute Gasteiger partial charge is 0.323 e. The van der Waals surface area contributed by atoms with Gasteiger partial charge >= 0.3 is 6.03 Å². The van der Waals surface area contributed by atoms with Gasteiger partial charge in [-0.25, -0.2) is 4.79 Å². The van der Waals surface area contributed by atoms with Crippen LogP contribution in [0.2, 0.25) is 0 Å². The maximum atomic E-state index is 12.7. The molecule has 0 bridgehead atoms. The number of aromatic nitrogens is 1. The monoisotopic (exact) mass is 437 g/mol. The van der Waals surface area contributed by atoms with Gasteiger partial charge in [0.15, 0.2) is 11.4 Å². The summed E-state index contributed by atoms with van der Waals surface area (Å²) in [5.41, 5.74) is 4.66. The summed E-state index contributed by atoms with van der Waals surface area (Å²) in [6, 6.07) is 25.6. The highest BCUT2D eigenvalue weighted by atomic mass is 16.5. The van der Waals surface area contributed by atoms with Crippen molar-refractivity contribution >= 4 is 22.8 Å². The first-order chi connectivity index (χ1) is 16.2. The molecule has 33 heavy (non-hydrogen) atoms. The Morgan fingerprint density at radius 1 is 0.970 bits per heavy atom. The number of hydrogen-bond acceptors (Lipinski definition) is 5. The van der Waals surface area contributed by atoms with E-state index in [9.17, 15) is 4.79 Å². The van der Waals surface area contributed by atoms with E-state index in [1.807, 2.05) is 53.4 Å². The van der Waals surface area contributed by atoms with Crippen LogP contribution in [-0.2, 0) is 6.54 Å². The van der Waals surface area contributed by atoms with E-state index in [1.54, 1.807) is 0 Å². The van der Waals surface area contributed by atoms with Crippen LogP contribution in [0.1, 0.15) is 11.1 Å². The molecule has 1 N–H and O–H groups in total. The van der Waals surface area contributed by atoms with Gasteiger partial charge in [0.1, 0.15) is 0 Å². The van der Waals surface area contributed by atoms with E-state index in [1.165, 1.54) is 5.56 Å². The van der Waals surface area contributed by atoms with Crippen LogP contribution in [0.3, 0.4) is 0 Å². The third-order valence-corrected chi connectivity index (χ3v) is 5.92. The molecule has 2 amide bonds. The molecule has 0 spiro atoms. The van der Waals surface area contributed by atoms with Gasteiger partial charge in [-0.15, -0.1) is 0 Å². The number of carbonyl (C=O) groups is 1. The van der Waals surface area contributed by atoms with E-state index < -0.39 is 0 Å². The molecule has 0 aliphatic carbocycles. The first-order valence-electron chi connectivity index (χ1n) is 10.9. The number of nitrogens with zero attached hydrogens (tertiary/aromatic N) is 4. The van der Waals surface area contributed by atoms with Gasteiger partial charge in [-0.3, -0.25) is 10.2 Å². The highest BCUT2D eigenvalue weighted by Crippen LogP contribution is 2.24. The maximum absolute atomic E-state index is 12.7. The summed E-state index contributed by atoms with van der Waals surface area (Å²) >= 11 is 0. The van der Waals surface area contributed by atoms with Gasteiger partial charge in [-0.2, -0.15) is 5.26 Å². The fourth-order valence-electron chi connectivity index (χ4n) is 4.14. The number of carbonyl (C=O) groups excluding carboxylic acids is 1. The molecule has 0 radical (unpaired) electrons. The van der Waals surface area contributed by atoms with Crippen LogP contribution in [0, 0.1) is 11.3 Å². The van der Waals surface area contributed by atoms with Crippen molar-refractivity contribution in [3.05, 3.63) is 83.9 Å². The lowest BCUT2D eigenvalue weighted by atomic mass is 10.0. The molecule has 1 aliphatic heterocycles. The third-order valence-electron chi connectivity index (χ3n) is 5.92. The molecular formula is C26H23N5O2. The predicted molar refractivity (Wildman–Crippen MR) is 126 cm³/mol. The lowest BCUT2D eigenvalue weighted by Gasteiger charge is -2.34. The number of nitriles is 1. The number of rotatable bonds is 4. The van der Waals surface area contributed by atoms with Gasteiger partial charge in [-0.1, -0.05) is 47.6 Å². The second-order valence-corrected chi connectivity index (χ2v) is 8.11. The highest BCUT2D eigenvalue weighted by molar-refractivity contribution is 5.98. The van der Waals surface area contributed by atoms with E-state index in [4.69, 9.17) is 9.78 Å². The molecule has 0 saturated carbocycles. The fraction of sp³-hybridized carbons (Fsp3) is 0.192. The Bertz CT molecular complexity index is 1330. The SMILES string of the molecule is N#Cc1cccc(-c2cccc(CN3CCN(C(=O)Nc4noc5ccccc45)CC3)c2)c1. The minimum absolute atomic E-state index is 0.159. The number of anilines is 1. The van der Waals surface area contributed by atoms with Gasteiger partial charge in [0.05, 0.1) is 17.0 Å². The van der Waals surface area contributed by atoms with Gasteiger partial charge in [0.25, 0.3) is 0 Å². The molecule has 4 aromatic rings. The van der Waals surface area contributed by atoms with E-state index in [0.717, 1.165) is 36.1 Å². The zero-order valence-electron chi connectivity index (χ0n) is 18.1. The van der Waals surface area contributed by atoms with Crippen LogP contribution < -0.4 is 5.32 Å². The normalized spacial score (nSPS) is 14.2. The van der Waals surface area contributed by atoms with Crippen molar-refractivity contribution in [1.29, 1.82) is 5.26 Å². The molecule has 1 aliphatic rings. The lowest BCUT2D eigenvalue weighted by molar-refractivity contribution is 0.143. The first kappa shape index (κ1) is 20.7. The van der Waals surface area contributed by atoms with E-state index in [0.29, 0.717) is 30.1 Å². The number of nitrogens with one attached hydrogen (secondary N) is 1. The van der Waals surface area contributed by atoms with Crippen LogP contribution in [0.15, 0.2) is 77.3 Å². The number of hydrogen-bond donors (Lipinski definition) is 1. The Morgan fingerprint density at radius 2 is 1.73 bits per heavy atom. The molecule has 164 valence electrons. The number of para-hydroxylation sites is 1. The molecule has 3 aromatic carbocycles. The van der Waals surface area contributed by atoms with Gasteiger partial charge in [0, 0.05) is 32.7 Å². The second-order valence-electron chi connectivity index (χ2n) is 8.11. The van der Waals surface area contributed by atoms with Gasteiger partial charge in [0.2, 0.25) is 0 Å². The summed E-state index contributed by atoms with van der Waals surface area (Å²) in [6.07, 6.45) is 0. The molecule has 0 unspecified atom stereocenters. The average Bonchev–Trinajstić information content (AvgIpc) is 3.27. The summed E-state index contributed by atoms with van der Waals surface area (Å²) in [7, 11) is 0. The highest BCUT2D eigenvalue weighted by Gasteiger charge is 2.22. The van der Waals surface area contributed by atoms with Crippen molar-refractivity contribution in [2.75, 3.05) is 31.5 Å². The molecular weight excluding hydrogens is 414 g/mol. The molecule has 5 rings (SSSR count). The number of fused-ring (bicyclic) bond motifs is 1. The zero-order chi connectivity index (χ0) is 22.6. The predicted octanol–water partition coefficient (Wildman–Crippen LogP) is 4.72. The van der Waals surface area contributed by atoms with Crippen LogP contribution >= 0.6 is 0 Å². The first-order valence-corrected chi connectivity index (χ1v) is 10.9. The second kappa shape index (κ2) is 9.15. The molecule has 1 fully saturated rings. The molecule has 7 nitrogen and oxygen atoms in total. The van der Waals surface area contributed by atoms with Gasteiger partial charge < -0.3 is 9.42 Å². The average molecular weight is 438 g/mol. The molecule has 1 aromatic heterocycles. The van der Waals surface area contributed by atoms with Crippen LogP contribution in [0.25, 0.3) is 22.1 Å². The van der Waals surface area contributed by atoms with Crippen molar-refractivity contribution in [2.45, 2.75) is 6.54 Å². The minimum Gasteiger partial charge on any atom is -0.354 e. The maximum Gasteiger partial charge on any atom is 0.323 e. The Labute approximate surface area is 191 Å². The topological polar surface area (TPSA) is 85.4 Å². The van der Waals surface area contributed by atoms with Crippen molar-refractivity contribution in [3.63, 3.8) is 0 Å². The van der Waals surface area contributed by atoms with E-state index >= 15 is 0 Å². The van der Waals surface area contributed by atoms with Crippen molar-refractivity contribution in [1.82, 2.24) is 15.0 Å². The van der Waals surface area contributed by atoms with Crippen LogP contribution in [0.5, 0.6) is 0 Å². The molecule has 1 saturated heterocycles. The minimum atomic E-state index is -0.159. The largest absolute Gasteiger partial charge is 0.354 e. The van der Waals surface area contributed by atoms with Crippen molar-refractivity contribution in [3.8, 4) is 17.2 Å². The van der Waals surface area contributed by atoms with Gasteiger partial charge in [-0.05, 0) is 47.0 Å². The standard InChI is InChI=1S/C26H23N5O2/c27-17-19-5-3-7-21(15-19)22-8-4-6-20(16-22)18-30-11-13-31(14-12-30)26(32)28-25-23-9-1-2-10-24(23)33-29-25/h1-10,15-16H,11-14,18H2,(H,28,29,32). The van der Waals surface area contributed by atoms with Crippen molar-refractivity contribution in [2.24, 2.45) is 0 Å². The number of urea groups is 1. The number of piperazine rings is 1. The quantitative estimate of drug-likeness (QED) is 0.499. The number of benzene rings is 3. The fourth-order valence-corrected chi connectivity index (χ4v) is 4.14. The summed E-state index contributed by atoms with van der Waals surface area (Å²) in [4.78, 5) is 16.9. The zero-order valence-corrected chi connectivity index (χ0v) is 18.1. The summed E-state index contributed by atoms with van der Waals surface area (Å²) < 4.78 is 5.27. The van der Waals surface area contributed by atoms with Crippen LogP contribution in [-0.4, -0.2) is 47.2 Å².